The number of nitrogens with zero attached hydrogens (tertiary/aromatic N) is 1. The maximum absolute atomic E-state index is 11.6. The molecule has 0 aromatic carbocycles. The number of hydrogen-bond acceptors (Lipinski definition) is 3. The van der Waals surface area contributed by atoms with Gasteiger partial charge in [0.05, 0.1) is 6.54 Å². The summed E-state index contributed by atoms with van der Waals surface area (Å²) >= 11 is 0. The van der Waals surface area contributed by atoms with Gasteiger partial charge in [-0.05, 0) is 19.4 Å². The third-order valence-electron chi connectivity index (χ3n) is 2.51. The van der Waals surface area contributed by atoms with Crippen molar-refractivity contribution >= 4 is 11.8 Å². The molecule has 92 valence electrons. The number of nitrogens with one attached hydrogen (secondary N) is 2. The van der Waals surface area contributed by atoms with Crippen LogP contribution in [0.25, 0.3) is 0 Å². The molecule has 5 heteroatoms. The molecule has 1 saturated carbocycles. The van der Waals surface area contributed by atoms with Crippen LogP contribution in [-0.2, 0) is 9.59 Å². The summed E-state index contributed by atoms with van der Waals surface area (Å²) in [4.78, 5) is 24.5. The summed E-state index contributed by atoms with van der Waals surface area (Å²) < 4.78 is 0. The van der Waals surface area contributed by atoms with E-state index in [2.05, 4.69) is 10.6 Å². The lowest BCUT2D eigenvalue weighted by atomic mass is 10.3. The lowest BCUT2D eigenvalue weighted by Crippen LogP contribution is -2.39. The molecule has 5 nitrogen and oxygen atoms in total. The van der Waals surface area contributed by atoms with Gasteiger partial charge >= 0.3 is 0 Å². The van der Waals surface area contributed by atoms with Gasteiger partial charge in [-0.3, -0.25) is 9.59 Å². The van der Waals surface area contributed by atoms with E-state index in [0.29, 0.717) is 19.0 Å². The second-order valence-electron chi connectivity index (χ2n) is 4.20. The van der Waals surface area contributed by atoms with Gasteiger partial charge in [0.25, 0.3) is 0 Å². The summed E-state index contributed by atoms with van der Waals surface area (Å²) in [6.07, 6.45) is 2.59. The van der Waals surface area contributed by atoms with Crippen LogP contribution in [0, 0.1) is 0 Å². The maximum Gasteiger partial charge on any atom is 0.239 e. The Bertz CT molecular complexity index is 252. The summed E-state index contributed by atoms with van der Waals surface area (Å²) in [6.45, 7) is 3.70. The third kappa shape index (κ3) is 5.11. The number of carbonyl (C=O) groups is 2. The quantitative estimate of drug-likeness (QED) is 0.588. The van der Waals surface area contributed by atoms with Crippen molar-refractivity contribution in [1.29, 1.82) is 0 Å². The van der Waals surface area contributed by atoms with Crippen LogP contribution < -0.4 is 10.6 Å². The second kappa shape index (κ2) is 6.48. The van der Waals surface area contributed by atoms with Gasteiger partial charge in [-0.25, -0.2) is 0 Å². The fourth-order valence-corrected chi connectivity index (χ4v) is 1.37. The van der Waals surface area contributed by atoms with E-state index < -0.39 is 0 Å². The van der Waals surface area contributed by atoms with Crippen LogP contribution in [-0.4, -0.2) is 49.4 Å². The molecule has 16 heavy (non-hydrogen) atoms. The van der Waals surface area contributed by atoms with E-state index in [1.54, 1.807) is 7.05 Å². The first-order valence-corrected chi connectivity index (χ1v) is 5.87. The first kappa shape index (κ1) is 13.0. The topological polar surface area (TPSA) is 61.4 Å². The third-order valence-corrected chi connectivity index (χ3v) is 2.51. The van der Waals surface area contributed by atoms with E-state index >= 15 is 0 Å². The van der Waals surface area contributed by atoms with Crippen LogP contribution in [0.3, 0.4) is 0 Å². The fraction of sp³-hybridized carbons (Fsp3) is 0.818. The first-order valence-electron chi connectivity index (χ1n) is 5.87. The molecule has 0 aliphatic heterocycles. The largest absolute Gasteiger partial charge is 0.352 e. The average Bonchev–Trinajstić information content (AvgIpc) is 3.01. The van der Waals surface area contributed by atoms with Crippen LogP contribution >= 0.6 is 0 Å². The molecule has 0 heterocycles. The molecule has 0 atom stereocenters. The SMILES string of the molecule is CCNCCC(=O)N(C)CC(=O)NC1CC1. The molecule has 0 bridgehead atoms. The molecule has 1 fully saturated rings. The van der Waals surface area contributed by atoms with E-state index in [0.717, 1.165) is 19.4 Å². The number of likely N-dealkylation sites (N-methyl/N-ethyl adjacent to an activating group) is 1. The minimum absolute atomic E-state index is 0.00639. The summed E-state index contributed by atoms with van der Waals surface area (Å²) in [5, 5.41) is 5.94. The van der Waals surface area contributed by atoms with Gasteiger partial charge < -0.3 is 15.5 Å². The lowest BCUT2D eigenvalue weighted by Gasteiger charge is -2.16. The predicted octanol–water partition coefficient (Wildman–Crippen LogP) is -0.277. The van der Waals surface area contributed by atoms with Gasteiger partial charge in [0.2, 0.25) is 11.8 Å². The summed E-state index contributed by atoms with van der Waals surface area (Å²) in [7, 11) is 1.67. The standard InChI is InChI=1S/C11H21N3O2/c1-3-12-7-6-11(16)14(2)8-10(15)13-9-4-5-9/h9,12H,3-8H2,1-2H3,(H,13,15). The molecular formula is C11H21N3O2. The zero-order valence-electron chi connectivity index (χ0n) is 10.1. The Hall–Kier alpha value is -1.10. The van der Waals surface area contributed by atoms with Gasteiger partial charge in [-0.1, -0.05) is 6.92 Å². The van der Waals surface area contributed by atoms with Crippen molar-refractivity contribution in [2.45, 2.75) is 32.2 Å². The van der Waals surface area contributed by atoms with Crippen molar-refractivity contribution in [2.75, 3.05) is 26.7 Å². The molecule has 1 aliphatic rings. The minimum Gasteiger partial charge on any atom is -0.352 e. The Morgan fingerprint density at radius 3 is 2.62 bits per heavy atom. The predicted molar refractivity (Wildman–Crippen MR) is 62.0 cm³/mol. The molecular weight excluding hydrogens is 206 g/mol. The van der Waals surface area contributed by atoms with Gasteiger partial charge in [-0.15, -0.1) is 0 Å². The number of amides is 2. The number of carbonyl (C=O) groups excluding carboxylic acids is 2. The normalized spacial score (nSPS) is 14.6. The van der Waals surface area contributed by atoms with Crippen LogP contribution in [0.1, 0.15) is 26.2 Å². The van der Waals surface area contributed by atoms with Crippen molar-refractivity contribution in [3.05, 3.63) is 0 Å². The smallest absolute Gasteiger partial charge is 0.239 e. The maximum atomic E-state index is 11.6. The van der Waals surface area contributed by atoms with E-state index in [1.807, 2.05) is 6.92 Å². The monoisotopic (exact) mass is 227 g/mol. The van der Waals surface area contributed by atoms with Crippen LogP contribution in [0.4, 0.5) is 0 Å². The van der Waals surface area contributed by atoms with E-state index in [4.69, 9.17) is 0 Å². The van der Waals surface area contributed by atoms with Gasteiger partial charge in [-0.2, -0.15) is 0 Å². The average molecular weight is 227 g/mol. The van der Waals surface area contributed by atoms with Crippen molar-refractivity contribution in [3.63, 3.8) is 0 Å². The van der Waals surface area contributed by atoms with Gasteiger partial charge in [0.1, 0.15) is 0 Å². The fourth-order valence-electron chi connectivity index (χ4n) is 1.37. The van der Waals surface area contributed by atoms with Crippen LogP contribution in [0.2, 0.25) is 0 Å². The van der Waals surface area contributed by atoms with E-state index in [1.165, 1.54) is 4.90 Å². The van der Waals surface area contributed by atoms with Crippen LogP contribution in [0.15, 0.2) is 0 Å². The Balaban J connectivity index is 2.13. The highest BCUT2D eigenvalue weighted by atomic mass is 16.2. The highest BCUT2D eigenvalue weighted by molar-refractivity contribution is 5.84. The van der Waals surface area contributed by atoms with Crippen molar-refractivity contribution in [3.8, 4) is 0 Å². The summed E-state index contributed by atoms with van der Waals surface area (Å²) in [5.41, 5.74) is 0. The molecule has 1 rings (SSSR count). The molecule has 0 spiro atoms. The molecule has 1 aliphatic carbocycles. The second-order valence-corrected chi connectivity index (χ2v) is 4.20. The number of hydrogen-bond donors (Lipinski definition) is 2. The highest BCUT2D eigenvalue weighted by Crippen LogP contribution is 2.18. The van der Waals surface area contributed by atoms with Gasteiger partial charge in [0, 0.05) is 26.1 Å². The molecule has 0 aromatic rings. The van der Waals surface area contributed by atoms with Gasteiger partial charge in [0.15, 0.2) is 0 Å². The molecule has 0 radical (unpaired) electrons. The highest BCUT2D eigenvalue weighted by Gasteiger charge is 2.24. The molecule has 0 unspecified atom stereocenters. The summed E-state index contributed by atoms with van der Waals surface area (Å²) in [5.74, 6) is -0.0475. The van der Waals surface area contributed by atoms with Crippen molar-refractivity contribution < 1.29 is 9.59 Å². The van der Waals surface area contributed by atoms with E-state index in [-0.39, 0.29) is 18.4 Å². The summed E-state index contributed by atoms with van der Waals surface area (Å²) in [6, 6.07) is 0.359. The Morgan fingerprint density at radius 2 is 2.06 bits per heavy atom. The van der Waals surface area contributed by atoms with E-state index in [9.17, 15) is 9.59 Å². The van der Waals surface area contributed by atoms with Crippen molar-refractivity contribution in [2.24, 2.45) is 0 Å². The molecule has 0 saturated heterocycles. The Labute approximate surface area is 96.6 Å². The Kier molecular flexibility index (Phi) is 5.25. The number of rotatable bonds is 7. The Morgan fingerprint density at radius 1 is 1.38 bits per heavy atom. The first-order chi connectivity index (χ1) is 7.63. The zero-order chi connectivity index (χ0) is 12.0. The lowest BCUT2D eigenvalue weighted by molar-refractivity contribution is -0.134. The van der Waals surface area contributed by atoms with Crippen molar-refractivity contribution in [1.82, 2.24) is 15.5 Å². The van der Waals surface area contributed by atoms with Crippen LogP contribution in [0.5, 0.6) is 0 Å². The molecule has 2 amide bonds. The molecule has 0 aromatic heterocycles. The molecule has 2 N–H and O–H groups in total. The minimum atomic E-state index is -0.0539. The zero-order valence-corrected chi connectivity index (χ0v) is 10.1.